The van der Waals surface area contributed by atoms with Crippen molar-refractivity contribution in [3.8, 4) is 10.7 Å². The molecule has 0 saturated heterocycles. The van der Waals surface area contributed by atoms with Gasteiger partial charge in [0.1, 0.15) is 11.0 Å². The molecule has 0 unspecified atom stereocenters. The van der Waals surface area contributed by atoms with Gasteiger partial charge in [0.25, 0.3) is 0 Å². The maximum absolute atomic E-state index is 5.92. The highest BCUT2D eigenvalue weighted by atomic mass is 35.5. The van der Waals surface area contributed by atoms with E-state index < -0.39 is 0 Å². The summed E-state index contributed by atoms with van der Waals surface area (Å²) in [6.07, 6.45) is 0. The van der Waals surface area contributed by atoms with E-state index in [0.29, 0.717) is 5.15 Å². The van der Waals surface area contributed by atoms with Crippen molar-refractivity contribution >= 4 is 28.6 Å². The first-order chi connectivity index (χ1) is 8.56. The number of fused-ring (bicyclic) bond motifs is 1. The van der Waals surface area contributed by atoms with Gasteiger partial charge in [0.2, 0.25) is 0 Å². The van der Waals surface area contributed by atoms with E-state index in [-0.39, 0.29) is 0 Å². The molecular weight excluding hydrogens is 268 g/mol. The van der Waals surface area contributed by atoms with E-state index >= 15 is 0 Å². The van der Waals surface area contributed by atoms with Crippen LogP contribution in [0, 0.1) is 20.8 Å². The molecule has 0 fully saturated rings. The van der Waals surface area contributed by atoms with Gasteiger partial charge in [-0.2, -0.15) is 0 Å². The molecule has 0 spiro atoms. The van der Waals surface area contributed by atoms with Crippen molar-refractivity contribution in [2.75, 3.05) is 0 Å². The van der Waals surface area contributed by atoms with Crippen molar-refractivity contribution in [1.82, 2.24) is 19.6 Å². The topological polar surface area (TPSA) is 43.1 Å². The Labute approximate surface area is 113 Å². The molecule has 0 aliphatic carbocycles. The Morgan fingerprint density at radius 2 is 1.94 bits per heavy atom. The first kappa shape index (κ1) is 11.6. The first-order valence-electron chi connectivity index (χ1n) is 5.52. The first-order valence-corrected chi connectivity index (χ1v) is 6.71. The monoisotopic (exact) mass is 278 g/mol. The summed E-state index contributed by atoms with van der Waals surface area (Å²) in [6.45, 7) is 6.11. The van der Waals surface area contributed by atoms with Crippen LogP contribution in [0.4, 0.5) is 0 Å². The predicted molar refractivity (Wildman–Crippen MR) is 73.3 cm³/mol. The zero-order chi connectivity index (χ0) is 12.9. The van der Waals surface area contributed by atoms with Crippen molar-refractivity contribution in [2.24, 2.45) is 0 Å². The summed E-state index contributed by atoms with van der Waals surface area (Å²) in [5.41, 5.74) is 2.00. The molecule has 0 atom stereocenters. The predicted octanol–water partition coefficient (Wildman–Crippen LogP) is 3.43. The van der Waals surface area contributed by atoms with Gasteiger partial charge in [0.05, 0.1) is 4.88 Å². The average molecular weight is 279 g/mol. The molecule has 0 bridgehead atoms. The number of nitrogens with zero attached hydrogens (tertiary/aromatic N) is 4. The van der Waals surface area contributed by atoms with Gasteiger partial charge in [0, 0.05) is 10.9 Å². The number of hydrogen-bond donors (Lipinski definition) is 0. The fraction of sp³-hybridized carbons (Fsp3) is 0.250. The van der Waals surface area contributed by atoms with Crippen LogP contribution in [0.5, 0.6) is 0 Å². The van der Waals surface area contributed by atoms with Gasteiger partial charge in [-0.3, -0.25) is 4.40 Å². The standard InChI is InChI=1S/C12H11ClN4S/c1-6-4-9(18-7(6)2)12-16-15-11-5-10(13)14-8(3)17(11)12/h4-5H,1-3H3. The molecule has 0 aromatic carbocycles. The van der Waals surface area contributed by atoms with Gasteiger partial charge in [-0.05, 0) is 32.4 Å². The molecule has 92 valence electrons. The molecule has 4 nitrogen and oxygen atoms in total. The molecule has 18 heavy (non-hydrogen) atoms. The molecule has 3 rings (SSSR count). The summed E-state index contributed by atoms with van der Waals surface area (Å²) >= 11 is 7.63. The van der Waals surface area contributed by atoms with Crippen LogP contribution in [-0.4, -0.2) is 19.6 Å². The molecule has 3 aromatic heterocycles. The lowest BCUT2D eigenvalue weighted by atomic mass is 10.3. The summed E-state index contributed by atoms with van der Waals surface area (Å²) in [4.78, 5) is 6.64. The number of rotatable bonds is 1. The maximum atomic E-state index is 5.92. The van der Waals surface area contributed by atoms with E-state index in [1.807, 2.05) is 11.3 Å². The Balaban J connectivity index is 2.30. The third-order valence-corrected chi connectivity index (χ3v) is 4.26. The second-order valence-corrected chi connectivity index (χ2v) is 5.84. The molecule has 0 amide bonds. The second-order valence-electron chi connectivity index (χ2n) is 4.19. The third-order valence-electron chi connectivity index (χ3n) is 2.91. The lowest BCUT2D eigenvalue weighted by molar-refractivity contribution is 0.991. The van der Waals surface area contributed by atoms with Crippen LogP contribution >= 0.6 is 22.9 Å². The minimum absolute atomic E-state index is 0.442. The van der Waals surface area contributed by atoms with Crippen LogP contribution in [0.25, 0.3) is 16.3 Å². The maximum Gasteiger partial charge on any atom is 0.179 e. The lowest BCUT2D eigenvalue weighted by Gasteiger charge is -2.01. The summed E-state index contributed by atoms with van der Waals surface area (Å²) in [7, 11) is 0. The Bertz CT molecular complexity index is 724. The Kier molecular flexibility index (Phi) is 2.60. The normalized spacial score (nSPS) is 11.3. The summed E-state index contributed by atoms with van der Waals surface area (Å²) < 4.78 is 1.93. The van der Waals surface area contributed by atoms with E-state index in [9.17, 15) is 0 Å². The SMILES string of the molecule is Cc1cc(-c2nnc3cc(Cl)nc(C)n23)sc1C. The molecule has 0 radical (unpaired) electrons. The van der Waals surface area contributed by atoms with Crippen LogP contribution in [-0.2, 0) is 0 Å². The number of thiophene rings is 1. The largest absolute Gasteiger partial charge is 0.262 e. The smallest absolute Gasteiger partial charge is 0.179 e. The third kappa shape index (κ3) is 1.71. The van der Waals surface area contributed by atoms with E-state index in [2.05, 4.69) is 35.1 Å². The Morgan fingerprint density at radius 1 is 1.17 bits per heavy atom. The molecular formula is C12H11ClN4S. The number of halogens is 1. The van der Waals surface area contributed by atoms with Crippen LogP contribution in [0.3, 0.4) is 0 Å². The molecule has 0 aliphatic heterocycles. The van der Waals surface area contributed by atoms with Crippen molar-refractivity contribution < 1.29 is 0 Å². The average Bonchev–Trinajstić information content (AvgIpc) is 2.83. The lowest BCUT2D eigenvalue weighted by Crippen LogP contribution is -1.97. The quantitative estimate of drug-likeness (QED) is 0.641. The summed E-state index contributed by atoms with van der Waals surface area (Å²) in [5.74, 6) is 1.62. The zero-order valence-electron chi connectivity index (χ0n) is 10.2. The van der Waals surface area contributed by atoms with E-state index in [1.54, 1.807) is 17.4 Å². The number of aryl methyl sites for hydroxylation is 3. The second kappa shape index (κ2) is 4.03. The minimum Gasteiger partial charge on any atom is -0.262 e. The van der Waals surface area contributed by atoms with E-state index in [0.717, 1.165) is 22.2 Å². The van der Waals surface area contributed by atoms with Crippen LogP contribution in [0.2, 0.25) is 5.15 Å². The van der Waals surface area contributed by atoms with Gasteiger partial charge < -0.3 is 0 Å². The number of aromatic nitrogens is 4. The van der Waals surface area contributed by atoms with Gasteiger partial charge in [0.15, 0.2) is 11.5 Å². The van der Waals surface area contributed by atoms with Crippen molar-refractivity contribution in [3.63, 3.8) is 0 Å². The Morgan fingerprint density at radius 3 is 2.61 bits per heavy atom. The fourth-order valence-electron chi connectivity index (χ4n) is 1.90. The molecule has 6 heteroatoms. The van der Waals surface area contributed by atoms with Gasteiger partial charge in [-0.25, -0.2) is 4.98 Å². The highest BCUT2D eigenvalue weighted by molar-refractivity contribution is 7.15. The van der Waals surface area contributed by atoms with E-state index in [4.69, 9.17) is 11.6 Å². The van der Waals surface area contributed by atoms with Gasteiger partial charge in [-0.15, -0.1) is 21.5 Å². The molecule has 3 heterocycles. The van der Waals surface area contributed by atoms with Crippen molar-refractivity contribution in [3.05, 3.63) is 33.6 Å². The zero-order valence-corrected chi connectivity index (χ0v) is 11.8. The van der Waals surface area contributed by atoms with Crippen LogP contribution in [0.15, 0.2) is 12.1 Å². The molecule has 0 saturated carbocycles. The Hall–Kier alpha value is -1.46. The van der Waals surface area contributed by atoms with Crippen molar-refractivity contribution in [1.29, 1.82) is 0 Å². The summed E-state index contributed by atoms with van der Waals surface area (Å²) in [6, 6.07) is 3.85. The molecule has 3 aromatic rings. The van der Waals surface area contributed by atoms with Crippen molar-refractivity contribution in [2.45, 2.75) is 20.8 Å². The van der Waals surface area contributed by atoms with Gasteiger partial charge >= 0.3 is 0 Å². The summed E-state index contributed by atoms with van der Waals surface area (Å²) in [5, 5.41) is 8.84. The van der Waals surface area contributed by atoms with Gasteiger partial charge in [-0.1, -0.05) is 11.6 Å². The molecule has 0 aliphatic rings. The fourth-order valence-corrected chi connectivity index (χ4v) is 3.12. The minimum atomic E-state index is 0.442. The molecule has 0 N–H and O–H groups in total. The number of hydrogen-bond acceptors (Lipinski definition) is 4. The highest BCUT2D eigenvalue weighted by Gasteiger charge is 2.14. The van der Waals surface area contributed by atoms with Crippen LogP contribution < -0.4 is 0 Å². The highest BCUT2D eigenvalue weighted by Crippen LogP contribution is 2.30. The van der Waals surface area contributed by atoms with Crippen LogP contribution in [0.1, 0.15) is 16.3 Å². The van der Waals surface area contributed by atoms with E-state index in [1.165, 1.54) is 10.4 Å².